The van der Waals surface area contributed by atoms with E-state index in [4.69, 9.17) is 4.74 Å². The SMILES string of the molecule is CC1CC(NC2CCN(C(=O)OC(C)(C)C)C2)CS1. The predicted molar refractivity (Wildman–Crippen MR) is 79.7 cm³/mol. The molecule has 0 radical (unpaired) electrons. The Kier molecular flexibility index (Phi) is 4.66. The van der Waals surface area contributed by atoms with Crippen LogP contribution in [0, 0.1) is 0 Å². The lowest BCUT2D eigenvalue weighted by Gasteiger charge is -2.25. The Morgan fingerprint density at radius 2 is 2.11 bits per heavy atom. The number of nitrogens with one attached hydrogen (secondary N) is 1. The maximum atomic E-state index is 12.0. The Labute approximate surface area is 120 Å². The summed E-state index contributed by atoms with van der Waals surface area (Å²) in [6.45, 7) is 9.61. The van der Waals surface area contributed by atoms with Crippen LogP contribution in [-0.4, -0.2) is 52.8 Å². The van der Waals surface area contributed by atoms with Crippen LogP contribution in [0.15, 0.2) is 0 Å². The van der Waals surface area contributed by atoms with Gasteiger partial charge in [0.25, 0.3) is 0 Å². The lowest BCUT2D eigenvalue weighted by atomic mass is 10.1. The van der Waals surface area contributed by atoms with Crippen molar-refractivity contribution >= 4 is 17.9 Å². The topological polar surface area (TPSA) is 41.6 Å². The molecule has 2 aliphatic rings. The number of thioether (sulfide) groups is 1. The summed E-state index contributed by atoms with van der Waals surface area (Å²) in [6, 6.07) is 1.05. The number of nitrogens with zero attached hydrogens (tertiary/aromatic N) is 1. The van der Waals surface area contributed by atoms with Crippen molar-refractivity contribution in [3.05, 3.63) is 0 Å². The zero-order valence-electron chi connectivity index (χ0n) is 12.4. The third-order valence-corrected chi connectivity index (χ3v) is 4.87. The average molecular weight is 286 g/mol. The van der Waals surface area contributed by atoms with E-state index in [9.17, 15) is 4.79 Å². The number of carbonyl (C=O) groups is 1. The maximum absolute atomic E-state index is 12.0. The van der Waals surface area contributed by atoms with Crippen molar-refractivity contribution in [1.82, 2.24) is 10.2 Å². The Balaban J connectivity index is 1.75. The van der Waals surface area contributed by atoms with Gasteiger partial charge in [-0.05, 0) is 33.6 Å². The molecular weight excluding hydrogens is 260 g/mol. The van der Waals surface area contributed by atoms with Gasteiger partial charge in [0.15, 0.2) is 0 Å². The number of rotatable bonds is 2. The minimum absolute atomic E-state index is 0.175. The largest absolute Gasteiger partial charge is 0.444 e. The molecule has 1 amide bonds. The number of hydrogen-bond acceptors (Lipinski definition) is 4. The van der Waals surface area contributed by atoms with Crippen molar-refractivity contribution < 1.29 is 9.53 Å². The smallest absolute Gasteiger partial charge is 0.410 e. The van der Waals surface area contributed by atoms with E-state index in [-0.39, 0.29) is 6.09 Å². The van der Waals surface area contributed by atoms with Crippen LogP contribution in [-0.2, 0) is 4.74 Å². The standard InChI is InChI=1S/C14H26N2O2S/c1-10-7-12(9-19-10)15-11-5-6-16(8-11)13(17)18-14(2,3)4/h10-12,15H,5-9H2,1-4H3. The van der Waals surface area contributed by atoms with Gasteiger partial charge in [-0.2, -0.15) is 11.8 Å². The van der Waals surface area contributed by atoms with Gasteiger partial charge in [-0.3, -0.25) is 0 Å². The minimum Gasteiger partial charge on any atom is -0.444 e. The van der Waals surface area contributed by atoms with Crippen LogP contribution < -0.4 is 5.32 Å². The second-order valence-corrected chi connectivity index (χ2v) is 8.13. The lowest BCUT2D eigenvalue weighted by Crippen LogP contribution is -2.42. The van der Waals surface area contributed by atoms with Gasteiger partial charge in [0.1, 0.15) is 5.60 Å². The van der Waals surface area contributed by atoms with E-state index in [1.165, 1.54) is 12.2 Å². The Morgan fingerprint density at radius 1 is 1.37 bits per heavy atom. The highest BCUT2D eigenvalue weighted by atomic mass is 32.2. The molecule has 3 unspecified atom stereocenters. The van der Waals surface area contributed by atoms with E-state index in [1.54, 1.807) is 0 Å². The van der Waals surface area contributed by atoms with Gasteiger partial charge in [0.2, 0.25) is 0 Å². The molecule has 0 aromatic rings. The number of carbonyl (C=O) groups excluding carboxylic acids is 1. The normalized spacial score (nSPS) is 31.8. The first-order chi connectivity index (χ1) is 8.83. The molecule has 0 saturated carbocycles. The number of hydrogen-bond donors (Lipinski definition) is 1. The summed E-state index contributed by atoms with van der Waals surface area (Å²) < 4.78 is 5.41. The summed E-state index contributed by atoms with van der Waals surface area (Å²) in [6.07, 6.45) is 2.11. The first kappa shape index (κ1) is 15.0. The molecule has 0 bridgehead atoms. The van der Waals surface area contributed by atoms with Gasteiger partial charge in [-0.15, -0.1) is 0 Å². The lowest BCUT2D eigenvalue weighted by molar-refractivity contribution is 0.0290. The van der Waals surface area contributed by atoms with Crippen LogP contribution in [0.4, 0.5) is 4.79 Å². The van der Waals surface area contributed by atoms with Crippen molar-refractivity contribution in [2.75, 3.05) is 18.8 Å². The molecule has 3 atom stereocenters. The fourth-order valence-corrected chi connectivity index (χ4v) is 3.82. The highest BCUT2D eigenvalue weighted by molar-refractivity contribution is 8.00. The second kappa shape index (κ2) is 5.92. The fourth-order valence-electron chi connectivity index (χ4n) is 2.66. The molecule has 0 aromatic heterocycles. The van der Waals surface area contributed by atoms with Gasteiger partial charge >= 0.3 is 6.09 Å². The highest BCUT2D eigenvalue weighted by Gasteiger charge is 2.32. The van der Waals surface area contributed by atoms with Crippen LogP contribution in [0.25, 0.3) is 0 Å². The summed E-state index contributed by atoms with van der Waals surface area (Å²) in [4.78, 5) is 13.8. The van der Waals surface area contributed by atoms with Crippen molar-refractivity contribution in [1.29, 1.82) is 0 Å². The van der Waals surface area contributed by atoms with Crippen LogP contribution in [0.3, 0.4) is 0 Å². The third kappa shape index (κ3) is 4.56. The molecule has 0 aromatic carbocycles. The van der Waals surface area contributed by atoms with E-state index in [0.717, 1.165) is 24.8 Å². The Bertz CT molecular complexity index is 330. The van der Waals surface area contributed by atoms with Crippen molar-refractivity contribution in [3.8, 4) is 0 Å². The van der Waals surface area contributed by atoms with E-state index >= 15 is 0 Å². The summed E-state index contributed by atoms with van der Waals surface area (Å²) in [5.41, 5.74) is -0.403. The predicted octanol–water partition coefficient (Wildman–Crippen LogP) is 2.48. The molecule has 2 fully saturated rings. The van der Waals surface area contributed by atoms with Gasteiger partial charge in [0, 0.05) is 36.2 Å². The molecular formula is C14H26N2O2S. The minimum atomic E-state index is -0.403. The summed E-state index contributed by atoms with van der Waals surface area (Å²) in [5.74, 6) is 1.20. The number of amides is 1. The Morgan fingerprint density at radius 3 is 2.68 bits per heavy atom. The molecule has 0 aliphatic carbocycles. The van der Waals surface area contributed by atoms with Gasteiger partial charge in [-0.1, -0.05) is 6.92 Å². The number of likely N-dealkylation sites (tertiary alicyclic amines) is 1. The summed E-state index contributed by atoms with van der Waals surface area (Å²) in [5, 5.41) is 4.45. The number of ether oxygens (including phenoxy) is 1. The second-order valence-electron chi connectivity index (χ2n) is 6.66. The molecule has 5 heteroatoms. The van der Waals surface area contributed by atoms with Crippen molar-refractivity contribution in [3.63, 3.8) is 0 Å². The monoisotopic (exact) mass is 286 g/mol. The van der Waals surface area contributed by atoms with Crippen molar-refractivity contribution in [2.45, 2.75) is 63.5 Å². The van der Waals surface area contributed by atoms with E-state index in [0.29, 0.717) is 12.1 Å². The first-order valence-electron chi connectivity index (χ1n) is 7.19. The van der Waals surface area contributed by atoms with E-state index in [2.05, 4.69) is 12.2 Å². The van der Waals surface area contributed by atoms with Crippen LogP contribution in [0.2, 0.25) is 0 Å². The van der Waals surface area contributed by atoms with Crippen LogP contribution >= 0.6 is 11.8 Å². The van der Waals surface area contributed by atoms with Crippen LogP contribution in [0.1, 0.15) is 40.5 Å². The molecule has 2 aliphatic heterocycles. The first-order valence-corrected chi connectivity index (χ1v) is 8.24. The highest BCUT2D eigenvalue weighted by Crippen LogP contribution is 2.27. The Hall–Kier alpha value is -0.420. The molecule has 19 heavy (non-hydrogen) atoms. The molecule has 1 N–H and O–H groups in total. The van der Waals surface area contributed by atoms with Crippen molar-refractivity contribution in [2.24, 2.45) is 0 Å². The van der Waals surface area contributed by atoms with Gasteiger partial charge < -0.3 is 15.0 Å². The molecule has 4 nitrogen and oxygen atoms in total. The third-order valence-electron chi connectivity index (χ3n) is 3.51. The maximum Gasteiger partial charge on any atom is 0.410 e. The van der Waals surface area contributed by atoms with E-state index < -0.39 is 5.60 Å². The fraction of sp³-hybridized carbons (Fsp3) is 0.929. The van der Waals surface area contributed by atoms with E-state index in [1.807, 2.05) is 37.4 Å². The van der Waals surface area contributed by atoms with Crippen LogP contribution in [0.5, 0.6) is 0 Å². The molecule has 2 saturated heterocycles. The molecule has 2 rings (SSSR count). The molecule has 110 valence electrons. The molecule has 2 heterocycles. The quantitative estimate of drug-likeness (QED) is 0.847. The summed E-state index contributed by atoms with van der Waals surface area (Å²) >= 11 is 2.04. The zero-order chi connectivity index (χ0) is 14.0. The molecule has 0 spiro atoms. The zero-order valence-corrected chi connectivity index (χ0v) is 13.3. The van der Waals surface area contributed by atoms with Gasteiger partial charge in [0.05, 0.1) is 0 Å². The average Bonchev–Trinajstić information content (AvgIpc) is 2.86. The summed E-state index contributed by atoms with van der Waals surface area (Å²) in [7, 11) is 0. The van der Waals surface area contributed by atoms with Gasteiger partial charge in [-0.25, -0.2) is 4.79 Å².